The molecule has 0 unspecified atom stereocenters. The van der Waals surface area contributed by atoms with Crippen LogP contribution in [0.4, 0.5) is 5.69 Å². The van der Waals surface area contributed by atoms with Crippen LogP contribution in [0, 0.1) is 6.92 Å². The lowest BCUT2D eigenvalue weighted by Gasteiger charge is -2.09. The Morgan fingerprint density at radius 2 is 1.95 bits per heavy atom. The van der Waals surface area contributed by atoms with Crippen molar-refractivity contribution >= 4 is 23.2 Å². The predicted molar refractivity (Wildman–Crippen MR) is 71.7 cm³/mol. The smallest absolute Gasteiger partial charge is 0.263 e. The number of carbonyl (C=O) groups excluding carboxylic acids is 1. The molecule has 0 spiro atoms. The van der Waals surface area contributed by atoms with Crippen LogP contribution >= 0.6 is 11.6 Å². The van der Waals surface area contributed by atoms with E-state index in [1.165, 1.54) is 18.2 Å². The van der Waals surface area contributed by atoms with Gasteiger partial charge in [-0.2, -0.15) is 0 Å². The Morgan fingerprint density at radius 3 is 2.58 bits per heavy atom. The van der Waals surface area contributed by atoms with Gasteiger partial charge in [-0.1, -0.05) is 17.7 Å². The minimum atomic E-state index is -0.662. The molecule has 2 aromatic rings. The summed E-state index contributed by atoms with van der Waals surface area (Å²) in [6, 6.07) is 5.70. The fourth-order valence-corrected chi connectivity index (χ4v) is 1.74. The molecule has 0 aliphatic rings. The molecule has 2 rings (SSSR count). The van der Waals surface area contributed by atoms with Crippen LogP contribution in [0.2, 0.25) is 5.15 Å². The van der Waals surface area contributed by atoms with Gasteiger partial charge in [-0.05, 0) is 30.7 Å². The van der Waals surface area contributed by atoms with Crippen molar-refractivity contribution in [3.05, 3.63) is 46.7 Å². The number of hydrogen-bond donors (Lipinski definition) is 3. The van der Waals surface area contributed by atoms with E-state index in [2.05, 4.69) is 10.3 Å². The quantitative estimate of drug-likeness (QED) is 0.738. The van der Waals surface area contributed by atoms with Crippen LogP contribution in [0.1, 0.15) is 15.9 Å². The first-order valence-electron chi connectivity index (χ1n) is 5.43. The highest BCUT2D eigenvalue weighted by atomic mass is 35.5. The second-order valence-corrected chi connectivity index (χ2v) is 4.33. The summed E-state index contributed by atoms with van der Waals surface area (Å²) >= 11 is 5.86. The van der Waals surface area contributed by atoms with Crippen LogP contribution in [0.15, 0.2) is 30.5 Å². The number of nitrogens with one attached hydrogen (secondary N) is 1. The summed E-state index contributed by atoms with van der Waals surface area (Å²) in [4.78, 5) is 15.9. The molecule has 1 heterocycles. The lowest BCUT2D eigenvalue weighted by atomic mass is 10.1. The Labute approximate surface area is 114 Å². The highest BCUT2D eigenvalue weighted by Gasteiger charge is 2.17. The second kappa shape index (κ2) is 5.16. The monoisotopic (exact) mass is 278 g/mol. The average molecular weight is 279 g/mol. The predicted octanol–water partition coefficient (Wildman–Crippen LogP) is 2.71. The summed E-state index contributed by atoms with van der Waals surface area (Å²) < 4.78 is 0. The highest BCUT2D eigenvalue weighted by Crippen LogP contribution is 2.28. The number of phenols is 2. The van der Waals surface area contributed by atoms with Crippen molar-refractivity contribution in [3.63, 3.8) is 0 Å². The van der Waals surface area contributed by atoms with Crippen LogP contribution in [0.5, 0.6) is 11.5 Å². The molecule has 5 nitrogen and oxygen atoms in total. The van der Waals surface area contributed by atoms with Crippen molar-refractivity contribution in [3.8, 4) is 11.5 Å². The van der Waals surface area contributed by atoms with E-state index in [9.17, 15) is 15.0 Å². The number of benzene rings is 1. The molecule has 1 aromatic heterocycles. The number of rotatable bonds is 2. The van der Waals surface area contributed by atoms with E-state index in [4.69, 9.17) is 11.6 Å². The van der Waals surface area contributed by atoms with Gasteiger partial charge in [0.15, 0.2) is 5.15 Å². The molecule has 0 fully saturated rings. The third kappa shape index (κ3) is 2.77. The van der Waals surface area contributed by atoms with Gasteiger partial charge in [0.2, 0.25) is 0 Å². The summed E-state index contributed by atoms with van der Waals surface area (Å²) in [5.74, 6) is -1.28. The first-order valence-corrected chi connectivity index (χ1v) is 5.81. The number of halogens is 1. The van der Waals surface area contributed by atoms with Crippen LogP contribution in [0.3, 0.4) is 0 Å². The highest BCUT2D eigenvalue weighted by molar-refractivity contribution is 6.32. The maximum absolute atomic E-state index is 12.0. The van der Waals surface area contributed by atoms with E-state index in [0.717, 1.165) is 5.56 Å². The van der Waals surface area contributed by atoms with Crippen molar-refractivity contribution in [2.24, 2.45) is 0 Å². The molecule has 0 aliphatic heterocycles. The Bertz CT molecular complexity index is 624. The van der Waals surface area contributed by atoms with Gasteiger partial charge in [-0.3, -0.25) is 4.79 Å². The van der Waals surface area contributed by atoms with Crippen molar-refractivity contribution < 1.29 is 15.0 Å². The number of pyridine rings is 1. The molecule has 3 N–H and O–H groups in total. The number of nitrogens with zero attached hydrogens (tertiary/aromatic N) is 1. The summed E-state index contributed by atoms with van der Waals surface area (Å²) in [6.07, 6.45) is 1.56. The molecule has 6 heteroatoms. The number of carbonyl (C=O) groups is 1. The van der Waals surface area contributed by atoms with Crippen LogP contribution in [0.25, 0.3) is 0 Å². The number of phenolic OH excluding ortho intramolecular Hbond substituents is 2. The van der Waals surface area contributed by atoms with Gasteiger partial charge in [0.25, 0.3) is 5.91 Å². The van der Waals surface area contributed by atoms with Crippen molar-refractivity contribution in [2.45, 2.75) is 6.92 Å². The fourth-order valence-electron chi connectivity index (χ4n) is 1.59. The number of aromatic nitrogens is 1. The molecule has 1 amide bonds. The van der Waals surface area contributed by atoms with Gasteiger partial charge in [-0.25, -0.2) is 4.98 Å². The van der Waals surface area contributed by atoms with E-state index in [-0.39, 0.29) is 22.2 Å². The maximum Gasteiger partial charge on any atom is 0.263 e. The summed E-state index contributed by atoms with van der Waals surface area (Å²) in [5.41, 5.74) is 0.926. The molecular weight excluding hydrogens is 268 g/mol. The molecule has 98 valence electrons. The average Bonchev–Trinajstić information content (AvgIpc) is 2.33. The zero-order chi connectivity index (χ0) is 14.0. The van der Waals surface area contributed by atoms with Crippen molar-refractivity contribution in [1.29, 1.82) is 0 Å². The SMILES string of the molecule is Cc1cnc(Cl)c(NC(=O)c2c(O)cccc2O)c1. The zero-order valence-electron chi connectivity index (χ0n) is 10.0. The maximum atomic E-state index is 12.0. The first-order chi connectivity index (χ1) is 8.99. The van der Waals surface area contributed by atoms with E-state index in [1.807, 2.05) is 0 Å². The molecule has 1 aromatic carbocycles. The van der Waals surface area contributed by atoms with Gasteiger partial charge in [0.1, 0.15) is 17.1 Å². The molecule has 0 aliphatic carbocycles. The molecule has 0 atom stereocenters. The second-order valence-electron chi connectivity index (χ2n) is 3.98. The summed E-state index contributed by atoms with van der Waals surface area (Å²) in [5, 5.41) is 21.8. The lowest BCUT2D eigenvalue weighted by Crippen LogP contribution is -2.13. The molecular formula is C13H11ClN2O3. The Hall–Kier alpha value is -2.27. The van der Waals surface area contributed by atoms with E-state index in [1.54, 1.807) is 19.2 Å². The Balaban J connectivity index is 2.34. The van der Waals surface area contributed by atoms with Gasteiger partial charge in [-0.15, -0.1) is 0 Å². The van der Waals surface area contributed by atoms with E-state index >= 15 is 0 Å². The normalized spacial score (nSPS) is 10.2. The van der Waals surface area contributed by atoms with Crippen molar-refractivity contribution in [1.82, 2.24) is 4.98 Å². The zero-order valence-corrected chi connectivity index (χ0v) is 10.8. The van der Waals surface area contributed by atoms with Gasteiger partial charge >= 0.3 is 0 Å². The van der Waals surface area contributed by atoms with Gasteiger partial charge < -0.3 is 15.5 Å². The minimum absolute atomic E-state index is 0.133. The third-order valence-corrected chi connectivity index (χ3v) is 2.77. The number of aryl methyl sites for hydroxylation is 1. The molecule has 0 saturated heterocycles. The van der Waals surface area contributed by atoms with E-state index < -0.39 is 5.91 Å². The summed E-state index contributed by atoms with van der Waals surface area (Å²) in [6.45, 7) is 1.80. The van der Waals surface area contributed by atoms with Gasteiger partial charge in [0, 0.05) is 6.20 Å². The minimum Gasteiger partial charge on any atom is -0.507 e. The van der Waals surface area contributed by atoms with Crippen LogP contribution in [-0.2, 0) is 0 Å². The van der Waals surface area contributed by atoms with Crippen molar-refractivity contribution in [2.75, 3.05) is 5.32 Å². The Morgan fingerprint density at radius 1 is 1.32 bits per heavy atom. The number of aromatic hydroxyl groups is 2. The van der Waals surface area contributed by atoms with Crippen LogP contribution < -0.4 is 5.32 Å². The third-order valence-electron chi connectivity index (χ3n) is 2.47. The topological polar surface area (TPSA) is 82.5 Å². The molecule has 0 saturated carbocycles. The Kier molecular flexibility index (Phi) is 3.57. The van der Waals surface area contributed by atoms with Crippen LogP contribution in [-0.4, -0.2) is 21.1 Å². The van der Waals surface area contributed by atoms with E-state index in [0.29, 0.717) is 5.69 Å². The molecule has 19 heavy (non-hydrogen) atoms. The molecule has 0 bridgehead atoms. The summed E-state index contributed by atoms with van der Waals surface area (Å²) in [7, 11) is 0. The number of hydrogen-bond acceptors (Lipinski definition) is 4. The number of amides is 1. The first kappa shape index (κ1) is 13.2. The standard InChI is InChI=1S/C13H11ClN2O3/c1-7-5-8(12(14)15-6-7)16-13(19)11-9(17)3-2-4-10(11)18/h2-6,17-18H,1H3,(H,16,19). The molecule has 0 radical (unpaired) electrons. The van der Waals surface area contributed by atoms with Gasteiger partial charge in [0.05, 0.1) is 5.69 Å². The number of anilines is 1. The fraction of sp³-hybridized carbons (Fsp3) is 0.0769. The largest absolute Gasteiger partial charge is 0.507 e. The lowest BCUT2D eigenvalue weighted by molar-refractivity contribution is 0.102.